The molecule has 0 aromatic heterocycles. The van der Waals surface area contributed by atoms with Crippen LogP contribution in [0.4, 0.5) is 0 Å². The van der Waals surface area contributed by atoms with Crippen LogP contribution in [0.5, 0.6) is 0 Å². The van der Waals surface area contributed by atoms with Crippen molar-refractivity contribution in [2.45, 2.75) is 38.4 Å². The highest BCUT2D eigenvalue weighted by Gasteiger charge is 2.14. The Labute approximate surface area is 153 Å². The summed E-state index contributed by atoms with van der Waals surface area (Å²) in [5, 5.41) is 23.1. The fraction of sp³-hybridized carbons (Fsp3) is 0.350. The standard InChI is InChI=1S/C20H24ClNO3/c1-20(2,25)12-11-14-7-9-15(10-8-14)19(24)22-13-18(23)16-5-3-4-6-17(16)21/h3-10,18,23,25H,11-13H2,1-2H3,(H,22,24)/t18-/m1/s1. The number of aliphatic hydroxyl groups excluding tert-OH is 1. The van der Waals surface area contributed by atoms with E-state index in [0.717, 1.165) is 12.0 Å². The summed E-state index contributed by atoms with van der Waals surface area (Å²) in [5.74, 6) is -0.250. The Kier molecular flexibility index (Phi) is 6.59. The van der Waals surface area contributed by atoms with E-state index >= 15 is 0 Å². The molecular formula is C20H24ClNO3. The van der Waals surface area contributed by atoms with Gasteiger partial charge in [-0.25, -0.2) is 0 Å². The van der Waals surface area contributed by atoms with Crippen molar-refractivity contribution >= 4 is 17.5 Å². The Hall–Kier alpha value is -1.88. The van der Waals surface area contributed by atoms with E-state index in [1.807, 2.05) is 12.1 Å². The molecule has 1 atom stereocenters. The first-order valence-electron chi connectivity index (χ1n) is 8.28. The summed E-state index contributed by atoms with van der Waals surface area (Å²) in [5.41, 5.74) is 1.48. The van der Waals surface area contributed by atoms with Crippen LogP contribution in [0.2, 0.25) is 5.02 Å². The monoisotopic (exact) mass is 361 g/mol. The third-order valence-corrected chi connectivity index (χ3v) is 4.31. The van der Waals surface area contributed by atoms with Crippen molar-refractivity contribution < 1.29 is 15.0 Å². The van der Waals surface area contributed by atoms with E-state index in [4.69, 9.17) is 11.6 Å². The molecule has 0 heterocycles. The topological polar surface area (TPSA) is 69.6 Å². The van der Waals surface area contributed by atoms with E-state index in [1.165, 1.54) is 0 Å². The number of aliphatic hydroxyl groups is 2. The minimum Gasteiger partial charge on any atom is -0.390 e. The number of carbonyl (C=O) groups is 1. The van der Waals surface area contributed by atoms with E-state index in [0.29, 0.717) is 22.6 Å². The third kappa shape index (κ3) is 6.16. The van der Waals surface area contributed by atoms with Gasteiger partial charge in [0.15, 0.2) is 0 Å². The van der Waals surface area contributed by atoms with Gasteiger partial charge in [-0.15, -0.1) is 0 Å². The minimum atomic E-state index is -0.858. The quantitative estimate of drug-likeness (QED) is 0.706. The van der Waals surface area contributed by atoms with Gasteiger partial charge in [0.2, 0.25) is 0 Å². The minimum absolute atomic E-state index is 0.0863. The lowest BCUT2D eigenvalue weighted by atomic mass is 9.98. The Morgan fingerprint density at radius 2 is 1.80 bits per heavy atom. The number of rotatable bonds is 7. The lowest BCUT2D eigenvalue weighted by molar-refractivity contribution is 0.0713. The highest BCUT2D eigenvalue weighted by molar-refractivity contribution is 6.31. The molecular weight excluding hydrogens is 338 g/mol. The number of amides is 1. The van der Waals surface area contributed by atoms with Gasteiger partial charge in [-0.2, -0.15) is 0 Å². The number of aryl methyl sites for hydroxylation is 1. The number of hydrogen-bond acceptors (Lipinski definition) is 3. The molecule has 5 heteroatoms. The van der Waals surface area contributed by atoms with Crippen LogP contribution in [0.3, 0.4) is 0 Å². The Balaban J connectivity index is 1.89. The highest BCUT2D eigenvalue weighted by Crippen LogP contribution is 2.22. The van der Waals surface area contributed by atoms with Crippen LogP contribution in [0.1, 0.15) is 47.9 Å². The second-order valence-electron chi connectivity index (χ2n) is 6.76. The molecule has 0 aliphatic heterocycles. The van der Waals surface area contributed by atoms with Crippen molar-refractivity contribution in [1.82, 2.24) is 5.32 Å². The maximum atomic E-state index is 12.2. The average molecular weight is 362 g/mol. The van der Waals surface area contributed by atoms with Crippen LogP contribution in [-0.2, 0) is 6.42 Å². The Bertz CT molecular complexity index is 708. The predicted molar refractivity (Wildman–Crippen MR) is 99.8 cm³/mol. The lowest BCUT2D eigenvalue weighted by Crippen LogP contribution is -2.28. The van der Waals surface area contributed by atoms with Gasteiger partial charge in [-0.1, -0.05) is 41.9 Å². The van der Waals surface area contributed by atoms with Crippen molar-refractivity contribution in [3.8, 4) is 0 Å². The van der Waals surface area contributed by atoms with Crippen molar-refractivity contribution in [2.24, 2.45) is 0 Å². The molecule has 134 valence electrons. The fourth-order valence-corrected chi connectivity index (χ4v) is 2.68. The summed E-state index contributed by atoms with van der Waals surface area (Å²) in [6, 6.07) is 14.3. The number of carbonyl (C=O) groups excluding carboxylic acids is 1. The first-order valence-corrected chi connectivity index (χ1v) is 8.66. The second kappa shape index (κ2) is 8.48. The second-order valence-corrected chi connectivity index (χ2v) is 7.16. The van der Waals surface area contributed by atoms with Crippen LogP contribution in [0.15, 0.2) is 48.5 Å². The van der Waals surface area contributed by atoms with Crippen LogP contribution >= 0.6 is 11.6 Å². The van der Waals surface area contributed by atoms with Crippen LogP contribution in [0.25, 0.3) is 0 Å². The zero-order chi connectivity index (χ0) is 18.4. The summed E-state index contributed by atoms with van der Waals surface area (Å²) in [4.78, 5) is 12.2. The third-order valence-electron chi connectivity index (χ3n) is 3.96. The van der Waals surface area contributed by atoms with Crippen molar-refractivity contribution in [1.29, 1.82) is 0 Å². The van der Waals surface area contributed by atoms with Gasteiger partial charge in [-0.05, 0) is 50.5 Å². The molecule has 2 aromatic rings. The van der Waals surface area contributed by atoms with E-state index < -0.39 is 11.7 Å². The summed E-state index contributed by atoms with van der Waals surface area (Å²) in [6.07, 6.45) is 0.544. The molecule has 1 amide bonds. The van der Waals surface area contributed by atoms with Gasteiger partial charge >= 0.3 is 0 Å². The molecule has 3 N–H and O–H groups in total. The molecule has 4 nitrogen and oxygen atoms in total. The molecule has 0 spiro atoms. The molecule has 0 saturated heterocycles. The number of benzene rings is 2. The van der Waals surface area contributed by atoms with Crippen molar-refractivity contribution in [3.63, 3.8) is 0 Å². The summed E-state index contributed by atoms with van der Waals surface area (Å²) in [6.45, 7) is 3.64. The van der Waals surface area contributed by atoms with Crippen LogP contribution in [0, 0.1) is 0 Å². The van der Waals surface area contributed by atoms with Crippen molar-refractivity contribution in [2.75, 3.05) is 6.54 Å². The molecule has 0 saturated carbocycles. The van der Waals surface area contributed by atoms with Gasteiger partial charge in [0.1, 0.15) is 0 Å². The number of hydrogen-bond donors (Lipinski definition) is 3. The number of halogens is 1. The molecule has 0 radical (unpaired) electrons. The molecule has 25 heavy (non-hydrogen) atoms. The fourth-order valence-electron chi connectivity index (χ4n) is 2.42. The van der Waals surface area contributed by atoms with Gasteiger partial charge in [0.05, 0.1) is 11.7 Å². The van der Waals surface area contributed by atoms with E-state index in [-0.39, 0.29) is 12.5 Å². The Morgan fingerprint density at radius 1 is 1.16 bits per heavy atom. The molecule has 2 aromatic carbocycles. The summed E-state index contributed by atoms with van der Waals surface area (Å²) < 4.78 is 0. The van der Waals surface area contributed by atoms with E-state index in [9.17, 15) is 15.0 Å². The van der Waals surface area contributed by atoms with E-state index in [2.05, 4.69) is 5.32 Å². The highest BCUT2D eigenvalue weighted by atomic mass is 35.5. The summed E-state index contributed by atoms with van der Waals surface area (Å²) >= 11 is 6.04. The predicted octanol–water partition coefficient (Wildman–Crippen LogP) is 3.51. The molecule has 2 rings (SSSR count). The van der Waals surface area contributed by atoms with Crippen LogP contribution < -0.4 is 5.32 Å². The largest absolute Gasteiger partial charge is 0.390 e. The van der Waals surface area contributed by atoms with Gasteiger partial charge in [0, 0.05) is 22.7 Å². The zero-order valence-corrected chi connectivity index (χ0v) is 15.3. The lowest BCUT2D eigenvalue weighted by Gasteiger charge is -2.16. The molecule has 0 fully saturated rings. The molecule has 0 aliphatic rings. The zero-order valence-electron chi connectivity index (χ0n) is 14.5. The van der Waals surface area contributed by atoms with E-state index in [1.54, 1.807) is 50.2 Å². The van der Waals surface area contributed by atoms with Gasteiger partial charge < -0.3 is 15.5 Å². The normalized spacial score (nSPS) is 12.7. The first kappa shape index (κ1) is 19.4. The first-order chi connectivity index (χ1) is 11.8. The van der Waals surface area contributed by atoms with Gasteiger partial charge in [0.25, 0.3) is 5.91 Å². The Morgan fingerprint density at radius 3 is 2.40 bits per heavy atom. The van der Waals surface area contributed by atoms with Gasteiger partial charge in [-0.3, -0.25) is 4.79 Å². The van der Waals surface area contributed by atoms with Crippen LogP contribution in [-0.4, -0.2) is 28.3 Å². The summed E-state index contributed by atoms with van der Waals surface area (Å²) in [7, 11) is 0. The maximum absolute atomic E-state index is 12.2. The smallest absolute Gasteiger partial charge is 0.251 e. The number of nitrogens with one attached hydrogen (secondary N) is 1. The molecule has 0 aliphatic carbocycles. The molecule has 0 bridgehead atoms. The SMILES string of the molecule is CC(C)(O)CCc1ccc(C(=O)NC[C@@H](O)c2ccccc2Cl)cc1. The van der Waals surface area contributed by atoms with Crippen molar-refractivity contribution in [3.05, 3.63) is 70.2 Å². The maximum Gasteiger partial charge on any atom is 0.251 e. The molecule has 0 unspecified atom stereocenters. The average Bonchev–Trinajstić information content (AvgIpc) is 2.58.